The van der Waals surface area contributed by atoms with E-state index in [4.69, 9.17) is 5.73 Å². The molecule has 1 aliphatic rings. The maximum absolute atomic E-state index is 12.6. The minimum atomic E-state index is -0.304. The molecule has 1 aromatic rings. The molecule has 1 saturated carbocycles. The minimum absolute atomic E-state index is 0.110. The highest BCUT2D eigenvalue weighted by Gasteiger charge is 2.35. The minimum Gasteiger partial charge on any atom is -0.338 e. The molecule has 0 radical (unpaired) electrons. The summed E-state index contributed by atoms with van der Waals surface area (Å²) in [5.41, 5.74) is 5.82. The molecule has 3 atom stereocenters. The number of nitrogens with two attached hydrogens (primary N) is 1. The van der Waals surface area contributed by atoms with Crippen molar-refractivity contribution in [3.63, 3.8) is 0 Å². The van der Waals surface area contributed by atoms with Crippen molar-refractivity contribution in [2.75, 3.05) is 13.1 Å². The number of carbonyl (C=O) groups excluding carboxylic acids is 1. The first-order valence-electron chi connectivity index (χ1n) is 7.03. The van der Waals surface area contributed by atoms with Crippen molar-refractivity contribution < 1.29 is 4.79 Å². The number of carbonyl (C=O) groups is 1. The topological polar surface area (TPSA) is 77.0 Å². The third-order valence-electron chi connectivity index (χ3n) is 4.14. The summed E-state index contributed by atoms with van der Waals surface area (Å²) < 4.78 is 1.61. The van der Waals surface area contributed by atoms with Gasteiger partial charge in [0.25, 0.3) is 0 Å². The van der Waals surface area contributed by atoms with E-state index < -0.39 is 0 Å². The summed E-state index contributed by atoms with van der Waals surface area (Å²) in [6.07, 6.45) is 6.39. The number of amides is 1. The van der Waals surface area contributed by atoms with Gasteiger partial charge in [0.15, 0.2) is 0 Å². The SMILES string of the molecule is CCN(C(=O)C(C)n1cncn1)C1CCCC1CN. The second kappa shape index (κ2) is 6.14. The first-order valence-corrected chi connectivity index (χ1v) is 7.03. The van der Waals surface area contributed by atoms with E-state index in [-0.39, 0.29) is 18.0 Å². The second-order valence-electron chi connectivity index (χ2n) is 5.17. The quantitative estimate of drug-likeness (QED) is 0.855. The van der Waals surface area contributed by atoms with Crippen molar-refractivity contribution in [1.29, 1.82) is 0 Å². The molecule has 2 rings (SSSR count). The van der Waals surface area contributed by atoms with Crippen LogP contribution >= 0.6 is 0 Å². The van der Waals surface area contributed by atoms with Crippen LogP contribution in [0, 0.1) is 5.92 Å². The summed E-state index contributed by atoms with van der Waals surface area (Å²) in [6.45, 7) is 5.27. The fraction of sp³-hybridized carbons (Fsp3) is 0.769. The number of aromatic nitrogens is 3. The average Bonchev–Trinajstić information content (AvgIpc) is 3.09. The van der Waals surface area contributed by atoms with E-state index in [1.54, 1.807) is 11.0 Å². The van der Waals surface area contributed by atoms with Crippen molar-refractivity contribution in [1.82, 2.24) is 19.7 Å². The molecule has 1 heterocycles. The Morgan fingerprint density at radius 2 is 2.37 bits per heavy atom. The maximum Gasteiger partial charge on any atom is 0.247 e. The molecule has 3 unspecified atom stereocenters. The highest BCUT2D eigenvalue weighted by atomic mass is 16.2. The van der Waals surface area contributed by atoms with Crippen molar-refractivity contribution in [2.45, 2.75) is 45.2 Å². The monoisotopic (exact) mass is 265 g/mol. The normalized spacial score (nSPS) is 24.4. The summed E-state index contributed by atoms with van der Waals surface area (Å²) in [5, 5.41) is 4.05. The highest BCUT2D eigenvalue weighted by molar-refractivity contribution is 5.80. The first-order chi connectivity index (χ1) is 9.19. The van der Waals surface area contributed by atoms with E-state index in [0.717, 1.165) is 25.8 Å². The molecule has 1 amide bonds. The Balaban J connectivity index is 2.10. The lowest BCUT2D eigenvalue weighted by molar-refractivity contribution is -0.137. The van der Waals surface area contributed by atoms with Crippen LogP contribution in [0.3, 0.4) is 0 Å². The predicted molar refractivity (Wildman–Crippen MR) is 72.3 cm³/mol. The van der Waals surface area contributed by atoms with Crippen LogP contribution in [0.25, 0.3) is 0 Å². The zero-order valence-corrected chi connectivity index (χ0v) is 11.7. The van der Waals surface area contributed by atoms with Crippen LogP contribution in [0.4, 0.5) is 0 Å². The number of rotatable bonds is 5. The molecular weight excluding hydrogens is 242 g/mol. The van der Waals surface area contributed by atoms with Gasteiger partial charge >= 0.3 is 0 Å². The number of hydrogen-bond donors (Lipinski definition) is 1. The fourth-order valence-electron chi connectivity index (χ4n) is 3.03. The average molecular weight is 265 g/mol. The van der Waals surface area contributed by atoms with Crippen LogP contribution in [0.15, 0.2) is 12.7 Å². The van der Waals surface area contributed by atoms with Gasteiger partial charge in [-0.3, -0.25) is 4.79 Å². The van der Waals surface area contributed by atoms with Crippen LogP contribution in [0.2, 0.25) is 0 Å². The van der Waals surface area contributed by atoms with Crippen LogP contribution in [0.5, 0.6) is 0 Å². The smallest absolute Gasteiger partial charge is 0.247 e. The molecule has 19 heavy (non-hydrogen) atoms. The number of hydrogen-bond acceptors (Lipinski definition) is 4. The predicted octanol–water partition coefficient (Wildman–Crippen LogP) is 0.815. The van der Waals surface area contributed by atoms with Gasteiger partial charge in [0, 0.05) is 12.6 Å². The molecule has 1 aromatic heterocycles. The van der Waals surface area contributed by atoms with Gasteiger partial charge in [-0.1, -0.05) is 6.42 Å². The van der Waals surface area contributed by atoms with Crippen LogP contribution in [0.1, 0.15) is 39.2 Å². The molecule has 1 fully saturated rings. The van der Waals surface area contributed by atoms with E-state index in [1.165, 1.54) is 6.33 Å². The summed E-state index contributed by atoms with van der Waals surface area (Å²) in [5.74, 6) is 0.546. The summed E-state index contributed by atoms with van der Waals surface area (Å²) in [4.78, 5) is 18.5. The van der Waals surface area contributed by atoms with E-state index in [0.29, 0.717) is 12.5 Å². The Kier molecular flexibility index (Phi) is 4.52. The van der Waals surface area contributed by atoms with Crippen molar-refractivity contribution in [2.24, 2.45) is 11.7 Å². The van der Waals surface area contributed by atoms with Gasteiger partial charge < -0.3 is 10.6 Å². The van der Waals surface area contributed by atoms with Crippen LogP contribution in [-0.4, -0.2) is 44.7 Å². The van der Waals surface area contributed by atoms with E-state index in [2.05, 4.69) is 10.1 Å². The molecule has 0 spiro atoms. The second-order valence-corrected chi connectivity index (χ2v) is 5.17. The molecule has 2 N–H and O–H groups in total. The van der Waals surface area contributed by atoms with Gasteiger partial charge in [-0.25, -0.2) is 9.67 Å². The van der Waals surface area contributed by atoms with Gasteiger partial charge in [0.1, 0.15) is 18.7 Å². The van der Waals surface area contributed by atoms with Gasteiger partial charge in [0.2, 0.25) is 5.91 Å². The lowest BCUT2D eigenvalue weighted by Crippen LogP contribution is -2.46. The first kappa shape index (κ1) is 14.0. The Hall–Kier alpha value is -1.43. The van der Waals surface area contributed by atoms with Crippen LogP contribution in [-0.2, 0) is 4.79 Å². The number of nitrogens with zero attached hydrogens (tertiary/aromatic N) is 4. The zero-order valence-electron chi connectivity index (χ0n) is 11.7. The molecule has 0 saturated heterocycles. The fourth-order valence-corrected chi connectivity index (χ4v) is 3.03. The molecule has 106 valence electrons. The van der Waals surface area contributed by atoms with Crippen molar-refractivity contribution in [3.8, 4) is 0 Å². The third-order valence-corrected chi connectivity index (χ3v) is 4.14. The highest BCUT2D eigenvalue weighted by Crippen LogP contribution is 2.30. The lowest BCUT2D eigenvalue weighted by Gasteiger charge is -2.33. The lowest BCUT2D eigenvalue weighted by atomic mass is 10.0. The molecule has 1 aliphatic carbocycles. The third kappa shape index (κ3) is 2.78. The van der Waals surface area contributed by atoms with Gasteiger partial charge in [-0.2, -0.15) is 5.10 Å². The van der Waals surface area contributed by atoms with Crippen molar-refractivity contribution in [3.05, 3.63) is 12.7 Å². The Morgan fingerprint density at radius 3 is 2.95 bits per heavy atom. The molecule has 6 heteroatoms. The Bertz CT molecular complexity index is 405. The van der Waals surface area contributed by atoms with Crippen molar-refractivity contribution >= 4 is 5.91 Å². The summed E-state index contributed by atoms with van der Waals surface area (Å²) in [7, 11) is 0. The van der Waals surface area contributed by atoms with Gasteiger partial charge in [0.05, 0.1) is 0 Å². The standard InChI is InChI=1S/C13H23N5O/c1-3-17(12-6-4-5-11(12)7-14)13(19)10(2)18-9-15-8-16-18/h8-12H,3-7,14H2,1-2H3. The van der Waals surface area contributed by atoms with E-state index in [1.807, 2.05) is 18.7 Å². The maximum atomic E-state index is 12.6. The molecule has 0 aromatic carbocycles. The van der Waals surface area contributed by atoms with E-state index in [9.17, 15) is 4.79 Å². The molecule has 6 nitrogen and oxygen atoms in total. The summed E-state index contributed by atoms with van der Waals surface area (Å²) in [6, 6.07) is -0.0186. The molecule has 0 aliphatic heterocycles. The largest absolute Gasteiger partial charge is 0.338 e. The zero-order chi connectivity index (χ0) is 13.8. The Labute approximate surface area is 114 Å². The van der Waals surface area contributed by atoms with Gasteiger partial charge in [-0.15, -0.1) is 0 Å². The summed E-state index contributed by atoms with van der Waals surface area (Å²) >= 11 is 0. The van der Waals surface area contributed by atoms with Gasteiger partial charge in [-0.05, 0) is 39.2 Å². The Morgan fingerprint density at radius 1 is 1.58 bits per heavy atom. The molecule has 0 bridgehead atoms. The molecular formula is C13H23N5O. The van der Waals surface area contributed by atoms with Crippen LogP contribution < -0.4 is 5.73 Å². The number of likely N-dealkylation sites (N-methyl/N-ethyl adjacent to an activating group) is 1. The van der Waals surface area contributed by atoms with E-state index >= 15 is 0 Å².